The van der Waals surface area contributed by atoms with E-state index in [4.69, 9.17) is 9.47 Å². The fourth-order valence-corrected chi connectivity index (χ4v) is 2.43. The highest BCUT2D eigenvalue weighted by atomic mass is 16.5. The third-order valence-electron chi connectivity index (χ3n) is 3.38. The Morgan fingerprint density at radius 3 is 2.40 bits per heavy atom. The van der Waals surface area contributed by atoms with Crippen LogP contribution in [0.1, 0.15) is 26.2 Å². The standard InChI is InChI=1S/C13H23N5O2/c1-4-8-18(10-6-5-7-14-9-10)11-15-12(19-2)17-13(16-11)20-3/h10,14H,4-9H2,1-3H3. The van der Waals surface area contributed by atoms with E-state index < -0.39 is 0 Å². The second-order valence-corrected chi connectivity index (χ2v) is 4.80. The summed E-state index contributed by atoms with van der Waals surface area (Å²) in [5.74, 6) is 0.629. The topological polar surface area (TPSA) is 72.4 Å². The van der Waals surface area contributed by atoms with Crippen LogP contribution in [0.25, 0.3) is 0 Å². The van der Waals surface area contributed by atoms with E-state index in [9.17, 15) is 0 Å². The van der Waals surface area contributed by atoms with Crippen molar-refractivity contribution < 1.29 is 9.47 Å². The quantitative estimate of drug-likeness (QED) is 0.829. The molecule has 1 N–H and O–H groups in total. The summed E-state index contributed by atoms with van der Waals surface area (Å²) in [5.41, 5.74) is 0. The van der Waals surface area contributed by atoms with E-state index in [0.717, 1.165) is 32.5 Å². The summed E-state index contributed by atoms with van der Waals surface area (Å²) < 4.78 is 10.3. The van der Waals surface area contributed by atoms with Gasteiger partial charge in [0.05, 0.1) is 14.2 Å². The molecule has 0 spiro atoms. The maximum Gasteiger partial charge on any atom is 0.324 e. The first-order valence-corrected chi connectivity index (χ1v) is 7.10. The lowest BCUT2D eigenvalue weighted by Crippen LogP contribution is -2.47. The molecule has 0 aliphatic carbocycles. The molecule has 0 bridgehead atoms. The molecule has 1 fully saturated rings. The van der Waals surface area contributed by atoms with Gasteiger partial charge in [0.1, 0.15) is 0 Å². The van der Waals surface area contributed by atoms with Gasteiger partial charge >= 0.3 is 12.0 Å². The summed E-state index contributed by atoms with van der Waals surface area (Å²) in [5, 5.41) is 3.43. The van der Waals surface area contributed by atoms with Crippen LogP contribution in [0.5, 0.6) is 12.0 Å². The van der Waals surface area contributed by atoms with Crippen LogP contribution in [-0.2, 0) is 0 Å². The summed E-state index contributed by atoms with van der Waals surface area (Å²) >= 11 is 0. The number of anilines is 1. The van der Waals surface area contributed by atoms with Gasteiger partial charge in [-0.25, -0.2) is 0 Å². The number of nitrogens with one attached hydrogen (secondary N) is 1. The van der Waals surface area contributed by atoms with Crippen LogP contribution in [0.4, 0.5) is 5.95 Å². The Balaban J connectivity index is 2.27. The molecule has 2 rings (SSSR count). The van der Waals surface area contributed by atoms with Crippen molar-refractivity contribution >= 4 is 5.95 Å². The Morgan fingerprint density at radius 2 is 1.90 bits per heavy atom. The van der Waals surface area contributed by atoms with E-state index in [-0.39, 0.29) is 12.0 Å². The SMILES string of the molecule is CCCN(c1nc(OC)nc(OC)n1)C1CCCNC1. The second kappa shape index (κ2) is 7.23. The minimum Gasteiger partial charge on any atom is -0.467 e. The lowest BCUT2D eigenvalue weighted by atomic mass is 10.1. The number of nitrogens with zero attached hydrogens (tertiary/aromatic N) is 4. The Kier molecular flexibility index (Phi) is 5.34. The van der Waals surface area contributed by atoms with Crippen molar-refractivity contribution in [2.24, 2.45) is 0 Å². The molecule has 1 aliphatic rings. The predicted octanol–water partition coefficient (Wildman–Crippen LogP) is 0.857. The highest BCUT2D eigenvalue weighted by Gasteiger charge is 2.24. The number of ether oxygens (including phenoxy) is 2. The first-order valence-electron chi connectivity index (χ1n) is 7.10. The molecule has 0 amide bonds. The first-order chi connectivity index (χ1) is 9.78. The summed E-state index contributed by atoms with van der Waals surface area (Å²) in [6.07, 6.45) is 3.35. The van der Waals surface area contributed by atoms with Crippen molar-refractivity contribution in [3.63, 3.8) is 0 Å². The van der Waals surface area contributed by atoms with E-state index in [0.29, 0.717) is 12.0 Å². The summed E-state index contributed by atoms with van der Waals surface area (Å²) in [6, 6.07) is 0.981. The van der Waals surface area contributed by atoms with Gasteiger partial charge in [-0.15, -0.1) is 4.98 Å². The number of hydrogen-bond acceptors (Lipinski definition) is 7. The van der Waals surface area contributed by atoms with E-state index in [1.807, 2.05) is 0 Å². The van der Waals surface area contributed by atoms with E-state index >= 15 is 0 Å². The summed E-state index contributed by atoms with van der Waals surface area (Å²) in [4.78, 5) is 15.0. The van der Waals surface area contributed by atoms with Crippen molar-refractivity contribution in [1.82, 2.24) is 20.3 Å². The average Bonchev–Trinajstić information content (AvgIpc) is 2.52. The number of methoxy groups -OCH3 is 2. The van der Waals surface area contributed by atoms with Crippen LogP contribution in [0.2, 0.25) is 0 Å². The smallest absolute Gasteiger partial charge is 0.324 e. The lowest BCUT2D eigenvalue weighted by Gasteiger charge is -2.34. The molecule has 2 heterocycles. The molecule has 1 aromatic heterocycles. The van der Waals surface area contributed by atoms with Gasteiger partial charge in [-0.3, -0.25) is 0 Å². The average molecular weight is 281 g/mol. The highest BCUT2D eigenvalue weighted by molar-refractivity contribution is 5.34. The second-order valence-electron chi connectivity index (χ2n) is 4.80. The van der Waals surface area contributed by atoms with Gasteiger partial charge in [-0.05, 0) is 25.8 Å². The van der Waals surface area contributed by atoms with Gasteiger partial charge in [-0.1, -0.05) is 6.92 Å². The van der Waals surface area contributed by atoms with Gasteiger partial charge in [0.15, 0.2) is 0 Å². The number of rotatable bonds is 6. The molecule has 1 atom stereocenters. The predicted molar refractivity (Wildman–Crippen MR) is 76.5 cm³/mol. The molecule has 0 saturated carbocycles. The molecular weight excluding hydrogens is 258 g/mol. The van der Waals surface area contributed by atoms with Crippen LogP contribution < -0.4 is 19.7 Å². The molecular formula is C13H23N5O2. The van der Waals surface area contributed by atoms with Gasteiger partial charge in [0.2, 0.25) is 5.95 Å². The zero-order chi connectivity index (χ0) is 14.4. The minimum absolute atomic E-state index is 0.289. The van der Waals surface area contributed by atoms with Crippen LogP contribution in [0, 0.1) is 0 Å². The fraction of sp³-hybridized carbons (Fsp3) is 0.769. The zero-order valence-corrected chi connectivity index (χ0v) is 12.4. The zero-order valence-electron chi connectivity index (χ0n) is 12.4. The van der Waals surface area contributed by atoms with Gasteiger partial charge in [0, 0.05) is 19.1 Å². The van der Waals surface area contributed by atoms with Gasteiger partial charge in [0.25, 0.3) is 0 Å². The van der Waals surface area contributed by atoms with Crippen LogP contribution >= 0.6 is 0 Å². The molecule has 0 aromatic carbocycles. The summed E-state index contributed by atoms with van der Waals surface area (Å²) in [7, 11) is 3.09. The van der Waals surface area contributed by atoms with Crippen molar-refractivity contribution in [2.75, 3.05) is 38.8 Å². The molecule has 1 aromatic rings. The van der Waals surface area contributed by atoms with Crippen molar-refractivity contribution in [3.8, 4) is 12.0 Å². The molecule has 1 saturated heterocycles. The van der Waals surface area contributed by atoms with Gasteiger partial charge < -0.3 is 19.7 Å². The van der Waals surface area contributed by atoms with E-state index in [1.54, 1.807) is 14.2 Å². The normalized spacial score (nSPS) is 18.6. The molecule has 7 nitrogen and oxygen atoms in total. The monoisotopic (exact) mass is 281 g/mol. The van der Waals surface area contributed by atoms with Crippen LogP contribution in [-0.4, -0.2) is 54.8 Å². The maximum absolute atomic E-state index is 5.13. The number of aromatic nitrogens is 3. The third-order valence-corrected chi connectivity index (χ3v) is 3.38. The molecule has 20 heavy (non-hydrogen) atoms. The lowest BCUT2D eigenvalue weighted by molar-refractivity contribution is 0.337. The Hall–Kier alpha value is -1.63. The molecule has 1 aliphatic heterocycles. The van der Waals surface area contributed by atoms with E-state index in [2.05, 4.69) is 32.1 Å². The number of hydrogen-bond donors (Lipinski definition) is 1. The highest BCUT2D eigenvalue weighted by Crippen LogP contribution is 2.21. The molecule has 112 valence electrons. The molecule has 0 radical (unpaired) electrons. The minimum atomic E-state index is 0.289. The van der Waals surface area contributed by atoms with Crippen molar-refractivity contribution in [3.05, 3.63) is 0 Å². The van der Waals surface area contributed by atoms with Crippen LogP contribution in [0.15, 0.2) is 0 Å². The third kappa shape index (κ3) is 3.47. The van der Waals surface area contributed by atoms with Crippen molar-refractivity contribution in [2.45, 2.75) is 32.2 Å². The largest absolute Gasteiger partial charge is 0.467 e. The van der Waals surface area contributed by atoms with Gasteiger partial charge in [-0.2, -0.15) is 9.97 Å². The first kappa shape index (κ1) is 14.8. The fourth-order valence-electron chi connectivity index (χ4n) is 2.43. The van der Waals surface area contributed by atoms with Crippen LogP contribution in [0.3, 0.4) is 0 Å². The molecule has 1 unspecified atom stereocenters. The Labute approximate surface area is 119 Å². The molecule has 7 heteroatoms. The maximum atomic E-state index is 5.13. The Bertz CT molecular complexity index is 401. The Morgan fingerprint density at radius 1 is 1.20 bits per heavy atom. The van der Waals surface area contributed by atoms with Crippen molar-refractivity contribution in [1.29, 1.82) is 0 Å². The van der Waals surface area contributed by atoms with E-state index in [1.165, 1.54) is 6.42 Å². The number of piperidine rings is 1. The summed E-state index contributed by atoms with van der Waals surface area (Å²) in [6.45, 7) is 5.10.